The second-order valence-corrected chi connectivity index (χ2v) is 12.0. The summed E-state index contributed by atoms with van der Waals surface area (Å²) in [4.78, 5) is 15.4. The van der Waals surface area contributed by atoms with Crippen LogP contribution in [0, 0.1) is 5.41 Å². The summed E-state index contributed by atoms with van der Waals surface area (Å²) in [5.74, 6) is 0.274. The van der Waals surface area contributed by atoms with Crippen molar-refractivity contribution in [3.8, 4) is 6.01 Å². The Morgan fingerprint density at radius 2 is 1.89 bits per heavy atom. The van der Waals surface area contributed by atoms with Gasteiger partial charge in [-0.15, -0.1) is 0 Å². The van der Waals surface area contributed by atoms with E-state index in [2.05, 4.69) is 29.5 Å². The van der Waals surface area contributed by atoms with E-state index < -0.39 is 22.8 Å². The fraction of sp³-hybridized carbons (Fsp3) is 0.542. The highest BCUT2D eigenvalue weighted by Crippen LogP contribution is 2.31. The number of amidine groups is 1. The average molecular weight is 542 g/mol. The predicted octanol–water partition coefficient (Wildman–Crippen LogP) is 3.96. The number of aromatic nitrogens is 2. The van der Waals surface area contributed by atoms with Gasteiger partial charge in [-0.05, 0) is 36.6 Å². The molecule has 2 atom stereocenters. The largest absolute Gasteiger partial charge is 0.454 e. The first-order valence-electron chi connectivity index (χ1n) is 11.8. The van der Waals surface area contributed by atoms with Gasteiger partial charge in [-0.3, -0.25) is 9.62 Å². The number of halogens is 3. The van der Waals surface area contributed by atoms with Crippen molar-refractivity contribution in [2.24, 2.45) is 10.6 Å². The Morgan fingerprint density at radius 1 is 1.19 bits per heavy atom. The number of nitrogens with zero attached hydrogens (tertiary/aromatic N) is 4. The number of ether oxygens (including phenoxy) is 1. The van der Waals surface area contributed by atoms with Crippen LogP contribution < -0.4 is 9.46 Å². The summed E-state index contributed by atoms with van der Waals surface area (Å²) in [5.41, 5.74) is 2.47. The lowest BCUT2D eigenvalue weighted by molar-refractivity contribution is -0.154. The van der Waals surface area contributed by atoms with Gasteiger partial charge >= 0.3 is 12.2 Å². The molecule has 1 aromatic heterocycles. The molecule has 202 valence electrons. The van der Waals surface area contributed by atoms with Crippen LogP contribution in [0.3, 0.4) is 0 Å². The number of benzene rings is 1. The molecule has 37 heavy (non-hydrogen) atoms. The van der Waals surface area contributed by atoms with Crippen molar-refractivity contribution in [2.75, 3.05) is 13.2 Å². The van der Waals surface area contributed by atoms with Crippen molar-refractivity contribution in [3.63, 3.8) is 0 Å². The quantitative estimate of drug-likeness (QED) is 0.590. The van der Waals surface area contributed by atoms with E-state index in [1.807, 2.05) is 33.8 Å². The second-order valence-electron chi connectivity index (χ2n) is 10.3. The molecule has 2 aliphatic rings. The summed E-state index contributed by atoms with van der Waals surface area (Å²) in [7, 11) is -3.85. The van der Waals surface area contributed by atoms with Crippen LogP contribution in [0.5, 0.6) is 6.01 Å². The summed E-state index contributed by atoms with van der Waals surface area (Å²) in [6, 6.07) is 4.59. The van der Waals surface area contributed by atoms with Crippen LogP contribution in [-0.2, 0) is 27.8 Å². The molecule has 1 N–H and O–H groups in total. The van der Waals surface area contributed by atoms with Gasteiger partial charge < -0.3 is 9.57 Å². The summed E-state index contributed by atoms with van der Waals surface area (Å²) >= 11 is 0. The van der Waals surface area contributed by atoms with Crippen LogP contribution in [0.15, 0.2) is 40.6 Å². The van der Waals surface area contributed by atoms with E-state index in [0.29, 0.717) is 25.1 Å². The van der Waals surface area contributed by atoms with Gasteiger partial charge in [0.25, 0.3) is 10.0 Å². The maximum Gasteiger partial charge on any atom is 0.422 e. The fourth-order valence-electron chi connectivity index (χ4n) is 4.14. The van der Waals surface area contributed by atoms with Crippen molar-refractivity contribution < 1.29 is 31.2 Å². The molecule has 0 saturated carbocycles. The molecule has 0 amide bonds. The van der Waals surface area contributed by atoms with Crippen LogP contribution in [0.25, 0.3) is 0 Å². The smallest absolute Gasteiger partial charge is 0.422 e. The Labute approximate surface area is 214 Å². The Hall–Kier alpha value is -2.93. The minimum absolute atomic E-state index is 0.136. The average Bonchev–Trinajstić information content (AvgIpc) is 3.30. The van der Waals surface area contributed by atoms with Gasteiger partial charge in [0.2, 0.25) is 0 Å². The van der Waals surface area contributed by atoms with E-state index in [1.165, 1.54) is 12.4 Å². The topological polar surface area (TPSA) is 106 Å². The summed E-state index contributed by atoms with van der Waals surface area (Å²) in [6.07, 6.45) is -0.697. The normalized spacial score (nSPS) is 19.5. The van der Waals surface area contributed by atoms with Crippen molar-refractivity contribution >= 4 is 15.9 Å². The van der Waals surface area contributed by atoms with Gasteiger partial charge in [0, 0.05) is 48.9 Å². The molecule has 0 saturated heterocycles. The molecule has 2 aliphatic heterocycles. The number of fused-ring (bicyclic) bond motifs is 1. The standard InChI is InChI=1S/C24H30F3N5O4S/c1-15(18-11-28-22(29-12-18)35-14-24(25,26)27)32-8-7-16-5-6-19(9-17(16)13-32)37(33,34)31-21-10-20(36-30-21)23(2,3)4/h5-6,9,11-12,15,20H,7-8,10,13-14H2,1-4H3,(H,30,31)/t15-,20?/m1/s1. The third-order valence-corrected chi connectivity index (χ3v) is 7.84. The number of hydrogen-bond donors (Lipinski definition) is 1. The molecule has 1 aromatic carbocycles. The van der Waals surface area contributed by atoms with Crippen molar-refractivity contribution in [3.05, 3.63) is 47.3 Å². The van der Waals surface area contributed by atoms with Crippen LogP contribution in [0.1, 0.15) is 56.8 Å². The van der Waals surface area contributed by atoms with E-state index >= 15 is 0 Å². The number of alkyl halides is 3. The molecular weight excluding hydrogens is 511 g/mol. The van der Waals surface area contributed by atoms with Crippen molar-refractivity contribution in [1.82, 2.24) is 19.6 Å². The van der Waals surface area contributed by atoms with Crippen molar-refractivity contribution in [2.45, 2.75) is 70.3 Å². The summed E-state index contributed by atoms with van der Waals surface area (Å²) in [5, 5.41) is 3.92. The van der Waals surface area contributed by atoms with E-state index in [0.717, 1.165) is 17.5 Å². The van der Waals surface area contributed by atoms with Crippen LogP contribution in [-0.4, -0.2) is 54.6 Å². The highest BCUT2D eigenvalue weighted by molar-refractivity contribution is 7.90. The fourth-order valence-corrected chi connectivity index (χ4v) is 5.24. The third kappa shape index (κ3) is 6.69. The van der Waals surface area contributed by atoms with Gasteiger partial charge in [-0.25, -0.2) is 18.4 Å². The van der Waals surface area contributed by atoms with Gasteiger partial charge in [0.05, 0.1) is 4.90 Å². The zero-order chi connectivity index (χ0) is 27.0. The van der Waals surface area contributed by atoms with E-state index in [9.17, 15) is 21.6 Å². The van der Waals surface area contributed by atoms with E-state index in [1.54, 1.807) is 12.1 Å². The van der Waals surface area contributed by atoms with Gasteiger partial charge in [-0.1, -0.05) is 32.0 Å². The molecule has 0 radical (unpaired) electrons. The molecule has 13 heteroatoms. The van der Waals surface area contributed by atoms with Crippen LogP contribution in [0.2, 0.25) is 0 Å². The Balaban J connectivity index is 1.42. The predicted molar refractivity (Wildman–Crippen MR) is 129 cm³/mol. The minimum atomic E-state index is -4.47. The lowest BCUT2D eigenvalue weighted by Gasteiger charge is -2.34. The Morgan fingerprint density at radius 3 is 2.51 bits per heavy atom. The number of rotatable bonds is 6. The molecule has 0 fully saturated rings. The molecule has 0 bridgehead atoms. The SMILES string of the molecule is C[C@H](c1cnc(OCC(F)(F)F)nc1)N1CCc2ccc(S(=O)(=O)NC3=NOC(C(C)(C)C)C3)cc2C1. The number of sulfonamides is 1. The molecule has 1 unspecified atom stereocenters. The first-order valence-corrected chi connectivity index (χ1v) is 13.3. The van der Waals surface area contributed by atoms with Crippen LogP contribution in [0.4, 0.5) is 13.2 Å². The summed E-state index contributed by atoms with van der Waals surface area (Å²) in [6.45, 7) is 7.69. The molecule has 9 nitrogen and oxygen atoms in total. The highest BCUT2D eigenvalue weighted by atomic mass is 32.2. The van der Waals surface area contributed by atoms with Crippen molar-refractivity contribution in [1.29, 1.82) is 0 Å². The van der Waals surface area contributed by atoms with Gasteiger partial charge in [0.15, 0.2) is 12.4 Å². The molecule has 0 spiro atoms. The van der Waals surface area contributed by atoms with Gasteiger partial charge in [-0.2, -0.15) is 13.2 Å². The molecule has 4 rings (SSSR count). The van der Waals surface area contributed by atoms with Gasteiger partial charge in [0.1, 0.15) is 6.10 Å². The summed E-state index contributed by atoms with van der Waals surface area (Å²) < 4.78 is 70.2. The lowest BCUT2D eigenvalue weighted by atomic mass is 9.87. The van der Waals surface area contributed by atoms with E-state index in [-0.39, 0.29) is 34.3 Å². The zero-order valence-corrected chi connectivity index (χ0v) is 21.9. The number of nitrogens with one attached hydrogen (secondary N) is 1. The maximum atomic E-state index is 13.1. The molecule has 3 heterocycles. The minimum Gasteiger partial charge on any atom is -0.454 e. The Bertz CT molecular complexity index is 1260. The van der Waals surface area contributed by atoms with Crippen LogP contribution >= 0.6 is 0 Å². The molecule has 0 aliphatic carbocycles. The molecule has 2 aromatic rings. The Kier molecular flexibility index (Phi) is 7.39. The highest BCUT2D eigenvalue weighted by Gasteiger charge is 2.34. The zero-order valence-electron chi connectivity index (χ0n) is 21.0. The number of oxime groups is 1. The monoisotopic (exact) mass is 541 g/mol. The lowest BCUT2D eigenvalue weighted by Crippen LogP contribution is -2.34. The van der Waals surface area contributed by atoms with E-state index in [4.69, 9.17) is 4.84 Å². The molecular formula is C24H30F3N5O4S. The first kappa shape index (κ1) is 27.1. The second kappa shape index (κ2) is 10.1. The first-order chi connectivity index (χ1) is 17.2. The maximum absolute atomic E-state index is 13.1. The number of hydrogen-bond acceptors (Lipinski definition) is 8. The third-order valence-electron chi connectivity index (χ3n) is 6.46.